The second-order valence-corrected chi connectivity index (χ2v) is 5.68. The van der Waals surface area contributed by atoms with Crippen molar-refractivity contribution in [3.8, 4) is 11.8 Å². The summed E-state index contributed by atoms with van der Waals surface area (Å²) in [6.07, 6.45) is -0.332. The number of anilines is 1. The fourth-order valence-electron chi connectivity index (χ4n) is 2.36. The van der Waals surface area contributed by atoms with Crippen molar-refractivity contribution in [1.82, 2.24) is 5.32 Å². The molecule has 0 atom stereocenters. The van der Waals surface area contributed by atoms with Gasteiger partial charge in [-0.1, -0.05) is 35.6 Å². The van der Waals surface area contributed by atoms with Crippen LogP contribution in [0.1, 0.15) is 15.9 Å². The average molecular weight is 355 g/mol. The van der Waals surface area contributed by atoms with Gasteiger partial charge in [0.1, 0.15) is 6.61 Å². The van der Waals surface area contributed by atoms with Gasteiger partial charge in [-0.05, 0) is 36.4 Å². The van der Waals surface area contributed by atoms with E-state index < -0.39 is 0 Å². The molecule has 0 aromatic heterocycles. The van der Waals surface area contributed by atoms with Crippen LogP contribution in [0.5, 0.6) is 0 Å². The molecule has 1 N–H and O–H groups in total. The quantitative estimate of drug-likeness (QED) is 0.862. The van der Waals surface area contributed by atoms with Gasteiger partial charge in [0.15, 0.2) is 0 Å². The number of carbonyl (C=O) groups is 2. The third-order valence-corrected chi connectivity index (χ3v) is 3.96. The Labute approximate surface area is 150 Å². The van der Waals surface area contributed by atoms with E-state index in [1.807, 2.05) is 24.3 Å². The molecule has 0 saturated carbocycles. The molecule has 3 rings (SSSR count). The molecule has 0 bridgehead atoms. The van der Waals surface area contributed by atoms with Crippen LogP contribution in [-0.4, -0.2) is 31.7 Å². The number of hydrogen-bond donors (Lipinski definition) is 1. The third kappa shape index (κ3) is 4.11. The summed E-state index contributed by atoms with van der Waals surface area (Å²) in [6, 6.07) is 14.1. The molecular formula is C19H15ClN2O3. The van der Waals surface area contributed by atoms with Crippen LogP contribution in [0, 0.1) is 11.8 Å². The normalized spacial score (nSPS) is 13.0. The van der Waals surface area contributed by atoms with Crippen molar-refractivity contribution in [2.24, 2.45) is 0 Å². The smallest absolute Gasteiger partial charge is 0.414 e. The summed E-state index contributed by atoms with van der Waals surface area (Å²) in [4.78, 5) is 25.1. The number of ether oxygens (including phenoxy) is 1. The van der Waals surface area contributed by atoms with Crippen LogP contribution in [0.25, 0.3) is 0 Å². The summed E-state index contributed by atoms with van der Waals surface area (Å²) >= 11 is 5.97. The minimum atomic E-state index is -0.332. The van der Waals surface area contributed by atoms with Gasteiger partial charge >= 0.3 is 6.09 Å². The van der Waals surface area contributed by atoms with E-state index in [1.54, 1.807) is 29.2 Å². The number of hydrogen-bond acceptors (Lipinski definition) is 3. The third-order valence-electron chi connectivity index (χ3n) is 3.63. The molecule has 2 amide bonds. The van der Waals surface area contributed by atoms with Crippen molar-refractivity contribution in [3.63, 3.8) is 0 Å². The van der Waals surface area contributed by atoms with Crippen LogP contribution in [0.3, 0.4) is 0 Å². The summed E-state index contributed by atoms with van der Waals surface area (Å²) in [7, 11) is 0. The Morgan fingerprint density at radius 3 is 2.64 bits per heavy atom. The van der Waals surface area contributed by atoms with Crippen LogP contribution in [0.2, 0.25) is 5.02 Å². The van der Waals surface area contributed by atoms with Crippen LogP contribution < -0.4 is 10.2 Å². The fraction of sp³-hybridized carbons (Fsp3) is 0.158. The molecule has 2 aromatic carbocycles. The Kier molecular flexibility index (Phi) is 5.22. The standard InChI is InChI=1S/C19H15ClN2O3/c20-17-6-2-1-5-16(17)18(23)21-11-3-4-14-7-9-15(10-8-14)22-12-13-25-19(22)24/h1-2,5-10H,11-13H2,(H,21,23). The number of cyclic esters (lactones) is 1. The lowest BCUT2D eigenvalue weighted by Gasteiger charge is -2.11. The number of carbonyl (C=O) groups excluding carboxylic acids is 2. The van der Waals surface area contributed by atoms with Crippen molar-refractivity contribution in [1.29, 1.82) is 0 Å². The Bertz CT molecular complexity index is 853. The zero-order chi connectivity index (χ0) is 17.6. The first kappa shape index (κ1) is 16.9. The van der Waals surface area contributed by atoms with E-state index in [9.17, 15) is 9.59 Å². The van der Waals surface area contributed by atoms with Gasteiger partial charge < -0.3 is 10.1 Å². The Morgan fingerprint density at radius 1 is 1.20 bits per heavy atom. The molecule has 1 aliphatic rings. The van der Waals surface area contributed by atoms with Crippen molar-refractivity contribution in [2.75, 3.05) is 24.6 Å². The molecule has 0 spiro atoms. The molecule has 6 heteroatoms. The highest BCUT2D eigenvalue weighted by atomic mass is 35.5. The minimum Gasteiger partial charge on any atom is -0.447 e. The van der Waals surface area contributed by atoms with Gasteiger partial charge in [0.25, 0.3) is 5.91 Å². The van der Waals surface area contributed by atoms with Crippen molar-refractivity contribution in [2.45, 2.75) is 0 Å². The van der Waals surface area contributed by atoms with E-state index >= 15 is 0 Å². The highest BCUT2D eigenvalue weighted by Gasteiger charge is 2.23. The lowest BCUT2D eigenvalue weighted by Crippen LogP contribution is -2.23. The van der Waals surface area contributed by atoms with E-state index in [1.165, 1.54) is 0 Å². The number of rotatable bonds is 3. The topological polar surface area (TPSA) is 58.6 Å². The van der Waals surface area contributed by atoms with Gasteiger partial charge in [0, 0.05) is 11.3 Å². The van der Waals surface area contributed by atoms with Crippen molar-refractivity contribution in [3.05, 3.63) is 64.7 Å². The minimum absolute atomic E-state index is 0.213. The van der Waals surface area contributed by atoms with E-state index in [2.05, 4.69) is 17.2 Å². The van der Waals surface area contributed by atoms with Crippen LogP contribution >= 0.6 is 11.6 Å². The maximum Gasteiger partial charge on any atom is 0.414 e. The molecule has 0 aliphatic carbocycles. The Morgan fingerprint density at radius 2 is 1.96 bits per heavy atom. The van der Waals surface area contributed by atoms with Gasteiger partial charge in [-0.2, -0.15) is 0 Å². The number of halogens is 1. The molecular weight excluding hydrogens is 340 g/mol. The first-order valence-corrected chi connectivity index (χ1v) is 8.09. The number of benzene rings is 2. The molecule has 0 radical (unpaired) electrons. The molecule has 5 nitrogen and oxygen atoms in total. The molecule has 0 unspecified atom stereocenters. The zero-order valence-corrected chi connectivity index (χ0v) is 14.0. The molecule has 1 aliphatic heterocycles. The summed E-state index contributed by atoms with van der Waals surface area (Å²) in [6.45, 7) is 1.17. The van der Waals surface area contributed by atoms with Gasteiger partial charge in [0.05, 0.1) is 23.7 Å². The summed E-state index contributed by atoms with van der Waals surface area (Å²) < 4.78 is 4.91. The van der Waals surface area contributed by atoms with Crippen molar-refractivity contribution >= 4 is 29.3 Å². The van der Waals surface area contributed by atoms with Gasteiger partial charge in [-0.3, -0.25) is 9.69 Å². The fourth-order valence-corrected chi connectivity index (χ4v) is 2.59. The molecule has 2 aromatic rings. The molecule has 126 valence electrons. The van der Waals surface area contributed by atoms with Gasteiger partial charge in [-0.25, -0.2) is 4.79 Å². The number of nitrogens with one attached hydrogen (secondary N) is 1. The molecule has 25 heavy (non-hydrogen) atoms. The second-order valence-electron chi connectivity index (χ2n) is 5.28. The summed E-state index contributed by atoms with van der Waals surface area (Å²) in [5.74, 6) is 5.59. The van der Waals surface area contributed by atoms with Crippen LogP contribution in [0.15, 0.2) is 48.5 Å². The number of amides is 2. The molecule has 1 saturated heterocycles. The summed E-state index contributed by atoms with van der Waals surface area (Å²) in [5, 5.41) is 3.11. The van der Waals surface area contributed by atoms with E-state index in [4.69, 9.17) is 16.3 Å². The SMILES string of the molecule is O=C(NCC#Cc1ccc(N2CCOC2=O)cc1)c1ccccc1Cl. The first-order chi connectivity index (χ1) is 12.1. The predicted molar refractivity (Wildman–Crippen MR) is 95.8 cm³/mol. The first-order valence-electron chi connectivity index (χ1n) is 7.71. The maximum absolute atomic E-state index is 12.0. The largest absolute Gasteiger partial charge is 0.447 e. The maximum atomic E-state index is 12.0. The second kappa shape index (κ2) is 7.73. The van der Waals surface area contributed by atoms with E-state index in [-0.39, 0.29) is 18.5 Å². The Hall–Kier alpha value is -2.97. The predicted octanol–water partition coefficient (Wildman–Crippen LogP) is 3.08. The van der Waals surface area contributed by atoms with Crippen LogP contribution in [0.4, 0.5) is 10.5 Å². The van der Waals surface area contributed by atoms with E-state index in [0.717, 1.165) is 11.3 Å². The highest BCUT2D eigenvalue weighted by Crippen LogP contribution is 2.18. The molecule has 1 heterocycles. The van der Waals surface area contributed by atoms with Crippen molar-refractivity contribution < 1.29 is 14.3 Å². The zero-order valence-electron chi connectivity index (χ0n) is 13.3. The lowest BCUT2D eigenvalue weighted by atomic mass is 10.2. The van der Waals surface area contributed by atoms with E-state index in [0.29, 0.717) is 23.7 Å². The summed E-state index contributed by atoms with van der Waals surface area (Å²) in [5.41, 5.74) is 2.00. The Balaban J connectivity index is 1.56. The van der Waals surface area contributed by atoms with Gasteiger partial charge in [0.2, 0.25) is 0 Å². The average Bonchev–Trinajstić information content (AvgIpc) is 3.05. The van der Waals surface area contributed by atoms with Gasteiger partial charge in [-0.15, -0.1) is 0 Å². The number of nitrogens with zero attached hydrogens (tertiary/aromatic N) is 1. The lowest BCUT2D eigenvalue weighted by molar-refractivity contribution is 0.0959. The highest BCUT2D eigenvalue weighted by molar-refractivity contribution is 6.33. The monoisotopic (exact) mass is 354 g/mol. The van der Waals surface area contributed by atoms with Crippen LogP contribution in [-0.2, 0) is 4.74 Å². The molecule has 1 fully saturated rings.